The molecule has 4 rings (SSSR count). The molecule has 3 N–H and O–H groups in total. The van der Waals surface area contributed by atoms with Crippen LogP contribution in [0.5, 0.6) is 11.5 Å². The van der Waals surface area contributed by atoms with E-state index in [-0.39, 0.29) is 18.0 Å². The van der Waals surface area contributed by atoms with Crippen LogP contribution in [-0.2, 0) is 11.2 Å². The zero-order valence-corrected chi connectivity index (χ0v) is 14.5. The maximum Gasteiger partial charge on any atom is 0.323 e. The number of benzene rings is 2. The van der Waals surface area contributed by atoms with Crippen molar-refractivity contribution in [3.05, 3.63) is 51.4 Å². The monoisotopic (exact) mass is 373 g/mol. The first kappa shape index (κ1) is 16.5. The van der Waals surface area contributed by atoms with Crippen LogP contribution in [0, 0.1) is 0 Å². The Morgan fingerprint density at radius 1 is 1.12 bits per heavy atom. The number of fused-ring (bicyclic) bond motifs is 2. The minimum atomic E-state index is -0.287. The van der Waals surface area contributed by atoms with Crippen molar-refractivity contribution in [2.45, 2.75) is 12.8 Å². The minimum absolute atomic E-state index is 0.137. The highest BCUT2D eigenvalue weighted by atomic mass is 35.5. The third kappa shape index (κ3) is 3.39. The number of nitrogens with one attached hydrogen (secondary N) is 3. The summed E-state index contributed by atoms with van der Waals surface area (Å²) in [5.74, 6) is 0.882. The van der Waals surface area contributed by atoms with Crippen molar-refractivity contribution in [3.8, 4) is 11.5 Å². The van der Waals surface area contributed by atoms with Gasteiger partial charge in [0.15, 0.2) is 11.5 Å². The molecular weight excluding hydrogens is 358 g/mol. The van der Waals surface area contributed by atoms with Crippen LogP contribution in [-0.4, -0.2) is 29.1 Å². The Morgan fingerprint density at radius 3 is 2.81 bits per heavy atom. The van der Waals surface area contributed by atoms with Gasteiger partial charge in [-0.25, -0.2) is 4.79 Å². The lowest BCUT2D eigenvalue weighted by atomic mass is 10.1. The standard InChI is InChI=1S/C18H16ClN3O4/c19-12-6-10(7-15-17(12)26-5-1-4-25-15)8-16(23)20-11-2-3-13-14(9-11)22-18(24)21-13/h2-3,6-7,9H,1,4-5,8H2,(H,20,23)(H2,21,22,24). The predicted octanol–water partition coefficient (Wildman–Crippen LogP) is 2.85. The van der Waals surface area contributed by atoms with Crippen molar-refractivity contribution in [1.29, 1.82) is 0 Å². The maximum absolute atomic E-state index is 12.4. The van der Waals surface area contributed by atoms with Gasteiger partial charge in [-0.15, -0.1) is 0 Å². The second-order valence-corrected chi connectivity index (χ2v) is 6.43. The van der Waals surface area contributed by atoms with Gasteiger partial charge in [0.2, 0.25) is 5.91 Å². The lowest BCUT2D eigenvalue weighted by Crippen LogP contribution is -2.14. The van der Waals surface area contributed by atoms with Gasteiger partial charge in [-0.2, -0.15) is 0 Å². The Morgan fingerprint density at radius 2 is 1.92 bits per heavy atom. The quantitative estimate of drug-likeness (QED) is 0.657. The van der Waals surface area contributed by atoms with E-state index in [2.05, 4.69) is 15.3 Å². The normalized spacial score (nSPS) is 13.4. The molecule has 1 amide bonds. The van der Waals surface area contributed by atoms with Gasteiger partial charge in [0, 0.05) is 12.1 Å². The molecule has 0 atom stereocenters. The Labute approximate surface area is 153 Å². The van der Waals surface area contributed by atoms with Gasteiger partial charge in [0.1, 0.15) is 0 Å². The van der Waals surface area contributed by atoms with Gasteiger partial charge >= 0.3 is 5.69 Å². The summed E-state index contributed by atoms with van der Waals surface area (Å²) in [6.07, 6.45) is 0.919. The summed E-state index contributed by atoms with van der Waals surface area (Å²) in [7, 11) is 0. The minimum Gasteiger partial charge on any atom is -0.489 e. The zero-order chi connectivity index (χ0) is 18.1. The number of halogens is 1. The highest BCUT2D eigenvalue weighted by molar-refractivity contribution is 6.32. The molecule has 0 bridgehead atoms. The Hall–Kier alpha value is -2.93. The molecule has 0 unspecified atom stereocenters. The van der Waals surface area contributed by atoms with Crippen molar-refractivity contribution in [2.24, 2.45) is 0 Å². The smallest absolute Gasteiger partial charge is 0.323 e. The fourth-order valence-electron chi connectivity index (χ4n) is 2.89. The number of amides is 1. The molecule has 1 aliphatic rings. The van der Waals surface area contributed by atoms with Gasteiger partial charge in [0.05, 0.1) is 35.7 Å². The number of imidazole rings is 1. The van der Waals surface area contributed by atoms with Gasteiger partial charge in [-0.3, -0.25) is 4.79 Å². The molecule has 8 heteroatoms. The van der Waals surface area contributed by atoms with E-state index in [9.17, 15) is 9.59 Å². The average molecular weight is 374 g/mol. The first-order valence-corrected chi connectivity index (χ1v) is 8.56. The lowest BCUT2D eigenvalue weighted by Gasteiger charge is -2.12. The Balaban J connectivity index is 1.51. The highest BCUT2D eigenvalue weighted by Crippen LogP contribution is 2.38. The van der Waals surface area contributed by atoms with E-state index in [0.29, 0.717) is 46.5 Å². The van der Waals surface area contributed by atoms with Crippen LogP contribution in [0.4, 0.5) is 5.69 Å². The molecule has 0 saturated heterocycles. The van der Waals surface area contributed by atoms with Crippen molar-refractivity contribution in [3.63, 3.8) is 0 Å². The van der Waals surface area contributed by atoms with Crippen LogP contribution < -0.4 is 20.5 Å². The SMILES string of the molecule is O=C(Cc1cc(Cl)c2c(c1)OCCCO2)Nc1ccc2[nH]c(=O)[nH]c2c1. The number of hydrogen-bond acceptors (Lipinski definition) is 4. The van der Waals surface area contributed by atoms with Crippen LogP contribution in [0.25, 0.3) is 11.0 Å². The number of aromatic nitrogens is 2. The molecule has 3 aromatic rings. The van der Waals surface area contributed by atoms with Crippen molar-refractivity contribution < 1.29 is 14.3 Å². The first-order valence-electron chi connectivity index (χ1n) is 8.18. The molecular formula is C18H16ClN3O4. The molecule has 2 aromatic carbocycles. The summed E-state index contributed by atoms with van der Waals surface area (Å²) in [6.45, 7) is 1.10. The van der Waals surface area contributed by atoms with Crippen LogP contribution in [0.1, 0.15) is 12.0 Å². The molecule has 0 fully saturated rings. The van der Waals surface area contributed by atoms with Crippen molar-refractivity contribution in [2.75, 3.05) is 18.5 Å². The number of ether oxygens (including phenoxy) is 2. The molecule has 0 radical (unpaired) electrons. The number of carbonyl (C=O) groups excluding carboxylic acids is 1. The van der Waals surface area contributed by atoms with E-state index in [0.717, 1.165) is 12.0 Å². The molecule has 0 aliphatic carbocycles. The molecule has 26 heavy (non-hydrogen) atoms. The second-order valence-electron chi connectivity index (χ2n) is 6.02. The van der Waals surface area contributed by atoms with E-state index in [1.165, 1.54) is 0 Å². The molecule has 1 aromatic heterocycles. The Kier molecular flexibility index (Phi) is 4.30. The number of carbonyl (C=O) groups is 1. The summed E-state index contributed by atoms with van der Waals surface area (Å²) in [4.78, 5) is 29.0. The molecule has 1 aliphatic heterocycles. The first-order chi connectivity index (χ1) is 12.6. The Bertz CT molecular complexity index is 1040. The number of hydrogen-bond donors (Lipinski definition) is 3. The van der Waals surface area contributed by atoms with E-state index < -0.39 is 0 Å². The van der Waals surface area contributed by atoms with Crippen LogP contribution in [0.3, 0.4) is 0 Å². The van der Waals surface area contributed by atoms with E-state index in [4.69, 9.17) is 21.1 Å². The topological polar surface area (TPSA) is 96.2 Å². The maximum atomic E-state index is 12.4. The largest absolute Gasteiger partial charge is 0.489 e. The highest BCUT2D eigenvalue weighted by Gasteiger charge is 2.17. The van der Waals surface area contributed by atoms with Crippen molar-refractivity contribution >= 4 is 34.2 Å². The summed E-state index contributed by atoms with van der Waals surface area (Å²) in [5, 5.41) is 3.24. The van der Waals surface area contributed by atoms with Gasteiger partial charge < -0.3 is 24.8 Å². The number of anilines is 1. The summed E-state index contributed by atoms with van der Waals surface area (Å²) < 4.78 is 11.2. The fourth-order valence-corrected chi connectivity index (χ4v) is 3.17. The summed E-state index contributed by atoms with van der Waals surface area (Å²) in [6, 6.07) is 8.64. The fraction of sp³-hybridized carbons (Fsp3) is 0.222. The van der Waals surface area contributed by atoms with E-state index in [1.54, 1.807) is 30.3 Å². The summed E-state index contributed by atoms with van der Waals surface area (Å²) >= 11 is 6.26. The summed E-state index contributed by atoms with van der Waals surface area (Å²) in [5.41, 5.74) is 2.35. The third-order valence-electron chi connectivity index (χ3n) is 4.03. The van der Waals surface area contributed by atoms with Crippen LogP contribution >= 0.6 is 11.6 Å². The number of H-pyrrole nitrogens is 2. The molecule has 7 nitrogen and oxygen atoms in total. The van der Waals surface area contributed by atoms with Gasteiger partial charge in [-0.1, -0.05) is 11.6 Å². The zero-order valence-electron chi connectivity index (χ0n) is 13.7. The third-order valence-corrected chi connectivity index (χ3v) is 4.31. The number of aromatic amines is 2. The number of rotatable bonds is 3. The van der Waals surface area contributed by atoms with Crippen molar-refractivity contribution in [1.82, 2.24) is 9.97 Å². The van der Waals surface area contributed by atoms with E-state index in [1.807, 2.05) is 0 Å². The van der Waals surface area contributed by atoms with Gasteiger partial charge in [0.25, 0.3) is 0 Å². The molecule has 134 valence electrons. The van der Waals surface area contributed by atoms with E-state index >= 15 is 0 Å². The molecule has 0 spiro atoms. The average Bonchev–Trinajstić information content (AvgIpc) is 2.79. The van der Waals surface area contributed by atoms with Gasteiger partial charge in [-0.05, 0) is 35.9 Å². The predicted molar refractivity (Wildman–Crippen MR) is 98.3 cm³/mol. The second kappa shape index (κ2) is 6.76. The van der Waals surface area contributed by atoms with Crippen LogP contribution in [0.15, 0.2) is 35.1 Å². The lowest BCUT2D eigenvalue weighted by molar-refractivity contribution is -0.115. The van der Waals surface area contributed by atoms with Crippen LogP contribution in [0.2, 0.25) is 5.02 Å². The molecule has 2 heterocycles. The molecule has 0 saturated carbocycles.